The van der Waals surface area contributed by atoms with Crippen LogP contribution in [0.2, 0.25) is 0 Å². The van der Waals surface area contributed by atoms with Gasteiger partial charge < -0.3 is 9.84 Å². The minimum absolute atomic E-state index is 0.236. The van der Waals surface area contributed by atoms with Gasteiger partial charge in [-0.15, -0.1) is 11.3 Å². The molecule has 0 aliphatic rings. The van der Waals surface area contributed by atoms with Crippen LogP contribution in [0, 0.1) is 0 Å². The van der Waals surface area contributed by atoms with Crippen LogP contribution < -0.4 is 0 Å². The summed E-state index contributed by atoms with van der Waals surface area (Å²) in [5.74, 6) is 0. The van der Waals surface area contributed by atoms with E-state index in [0.29, 0.717) is 0 Å². The summed E-state index contributed by atoms with van der Waals surface area (Å²) in [6.45, 7) is 3.68. The fourth-order valence-corrected chi connectivity index (χ4v) is 2.86. The zero-order valence-electron chi connectivity index (χ0n) is 9.73. The van der Waals surface area contributed by atoms with Crippen molar-refractivity contribution in [1.82, 2.24) is 0 Å². The van der Waals surface area contributed by atoms with E-state index in [-0.39, 0.29) is 6.10 Å². The minimum atomic E-state index is -0.959. The molecule has 0 radical (unpaired) electrons. The number of methoxy groups -OCH3 is 1. The van der Waals surface area contributed by atoms with Crippen molar-refractivity contribution in [2.75, 3.05) is 7.11 Å². The highest BCUT2D eigenvalue weighted by atomic mass is 32.1. The molecule has 3 heteroatoms. The molecule has 0 spiro atoms. The maximum atomic E-state index is 10.6. The summed E-state index contributed by atoms with van der Waals surface area (Å²) in [6.07, 6.45) is -0.236. The zero-order chi connectivity index (χ0) is 11.8. The Hall–Kier alpha value is -0.900. The average molecular weight is 236 g/mol. The van der Waals surface area contributed by atoms with Gasteiger partial charge in [-0.2, -0.15) is 0 Å². The third-order valence-corrected chi connectivity index (χ3v) is 4.13. The van der Waals surface area contributed by atoms with E-state index in [1.807, 2.05) is 24.4 Å². The van der Waals surface area contributed by atoms with Gasteiger partial charge in [0.1, 0.15) is 5.60 Å². The van der Waals surface area contributed by atoms with Gasteiger partial charge in [-0.3, -0.25) is 0 Å². The molecule has 0 amide bonds. The molecule has 0 saturated heterocycles. The van der Waals surface area contributed by atoms with Crippen LogP contribution >= 0.6 is 11.3 Å². The molecule has 1 N–H and O–H groups in total. The van der Waals surface area contributed by atoms with Gasteiger partial charge in [0.15, 0.2) is 0 Å². The Bertz CT molecular complexity index is 487. The second kappa shape index (κ2) is 4.17. The Balaban J connectivity index is 2.58. The molecular formula is C13H16O2S. The molecule has 2 atom stereocenters. The molecule has 0 aliphatic heterocycles. The lowest BCUT2D eigenvalue weighted by Crippen LogP contribution is -2.35. The van der Waals surface area contributed by atoms with Crippen LogP contribution in [0.4, 0.5) is 0 Å². The highest BCUT2D eigenvalue weighted by molar-refractivity contribution is 7.17. The van der Waals surface area contributed by atoms with Crippen molar-refractivity contribution in [2.45, 2.75) is 25.6 Å². The average Bonchev–Trinajstić information content (AvgIpc) is 2.75. The quantitative estimate of drug-likeness (QED) is 0.887. The SMILES string of the molecule is COC(C)C(C)(O)c1cccc2ccsc12. The number of hydrogen-bond donors (Lipinski definition) is 1. The van der Waals surface area contributed by atoms with Crippen molar-refractivity contribution in [3.05, 3.63) is 35.2 Å². The highest BCUT2D eigenvalue weighted by Crippen LogP contribution is 2.34. The Morgan fingerprint density at radius 1 is 1.38 bits per heavy atom. The predicted molar refractivity (Wildman–Crippen MR) is 67.9 cm³/mol. The highest BCUT2D eigenvalue weighted by Gasteiger charge is 2.32. The van der Waals surface area contributed by atoms with Crippen molar-refractivity contribution in [1.29, 1.82) is 0 Å². The van der Waals surface area contributed by atoms with Crippen molar-refractivity contribution >= 4 is 21.4 Å². The maximum absolute atomic E-state index is 10.6. The van der Waals surface area contributed by atoms with E-state index in [1.54, 1.807) is 25.4 Å². The summed E-state index contributed by atoms with van der Waals surface area (Å²) in [4.78, 5) is 0. The van der Waals surface area contributed by atoms with E-state index in [9.17, 15) is 5.11 Å². The molecule has 1 aromatic heterocycles. The van der Waals surface area contributed by atoms with E-state index in [2.05, 4.69) is 12.1 Å². The topological polar surface area (TPSA) is 29.5 Å². The summed E-state index contributed by atoms with van der Waals surface area (Å²) in [6, 6.07) is 8.07. The van der Waals surface area contributed by atoms with Crippen LogP contribution in [0.1, 0.15) is 19.4 Å². The third-order valence-electron chi connectivity index (χ3n) is 3.17. The van der Waals surface area contributed by atoms with Gasteiger partial charge >= 0.3 is 0 Å². The van der Waals surface area contributed by atoms with Gasteiger partial charge in [-0.1, -0.05) is 18.2 Å². The minimum Gasteiger partial charge on any atom is -0.383 e. The number of rotatable bonds is 3. The largest absolute Gasteiger partial charge is 0.383 e. The normalized spacial score (nSPS) is 17.2. The van der Waals surface area contributed by atoms with Crippen LogP contribution in [-0.2, 0) is 10.3 Å². The first-order valence-corrected chi connectivity index (χ1v) is 6.17. The monoisotopic (exact) mass is 236 g/mol. The van der Waals surface area contributed by atoms with Gasteiger partial charge in [-0.05, 0) is 30.7 Å². The zero-order valence-corrected chi connectivity index (χ0v) is 10.5. The summed E-state index contributed by atoms with van der Waals surface area (Å²) in [5, 5.41) is 13.8. The molecule has 2 aromatic rings. The van der Waals surface area contributed by atoms with Crippen molar-refractivity contribution in [2.24, 2.45) is 0 Å². The molecule has 0 fully saturated rings. The van der Waals surface area contributed by atoms with E-state index in [0.717, 1.165) is 10.3 Å². The van der Waals surface area contributed by atoms with Crippen LogP contribution in [0.25, 0.3) is 10.1 Å². The molecule has 0 aliphatic carbocycles. The molecule has 1 aromatic carbocycles. The van der Waals surface area contributed by atoms with Gasteiger partial charge in [0, 0.05) is 17.4 Å². The molecule has 86 valence electrons. The number of benzene rings is 1. The molecule has 0 bridgehead atoms. The van der Waals surface area contributed by atoms with E-state index < -0.39 is 5.60 Å². The van der Waals surface area contributed by atoms with E-state index in [4.69, 9.17) is 4.74 Å². The van der Waals surface area contributed by atoms with Gasteiger partial charge in [-0.25, -0.2) is 0 Å². The maximum Gasteiger partial charge on any atom is 0.114 e. The van der Waals surface area contributed by atoms with E-state index >= 15 is 0 Å². The first-order valence-electron chi connectivity index (χ1n) is 5.29. The van der Waals surface area contributed by atoms with Gasteiger partial charge in [0.25, 0.3) is 0 Å². The second-order valence-electron chi connectivity index (χ2n) is 4.17. The molecule has 0 saturated carbocycles. The first-order chi connectivity index (χ1) is 7.57. The summed E-state index contributed by atoms with van der Waals surface area (Å²) < 4.78 is 6.39. The summed E-state index contributed by atoms with van der Waals surface area (Å²) in [7, 11) is 1.62. The first kappa shape index (κ1) is 11.6. The van der Waals surface area contributed by atoms with Gasteiger partial charge in [0.2, 0.25) is 0 Å². The van der Waals surface area contributed by atoms with Crippen molar-refractivity contribution < 1.29 is 9.84 Å². The molecule has 2 rings (SSSR count). The summed E-state index contributed by atoms with van der Waals surface area (Å²) >= 11 is 1.65. The molecular weight excluding hydrogens is 220 g/mol. The molecule has 16 heavy (non-hydrogen) atoms. The Kier molecular flexibility index (Phi) is 3.02. The lowest BCUT2D eigenvalue weighted by Gasteiger charge is -2.30. The van der Waals surface area contributed by atoms with Crippen LogP contribution in [-0.4, -0.2) is 18.3 Å². The number of ether oxygens (including phenoxy) is 1. The Morgan fingerprint density at radius 3 is 2.81 bits per heavy atom. The Labute approximate surface area is 99.5 Å². The molecule has 2 unspecified atom stereocenters. The standard InChI is InChI=1S/C13H16O2S/c1-9(15-3)13(2,14)11-6-4-5-10-7-8-16-12(10)11/h4-9,14H,1-3H3. The lowest BCUT2D eigenvalue weighted by atomic mass is 9.90. The fourth-order valence-electron chi connectivity index (χ4n) is 1.84. The van der Waals surface area contributed by atoms with Crippen molar-refractivity contribution in [3.63, 3.8) is 0 Å². The van der Waals surface area contributed by atoms with Crippen molar-refractivity contribution in [3.8, 4) is 0 Å². The smallest absolute Gasteiger partial charge is 0.114 e. The van der Waals surface area contributed by atoms with E-state index in [1.165, 1.54) is 5.39 Å². The predicted octanol–water partition coefficient (Wildman–Crippen LogP) is 3.14. The van der Waals surface area contributed by atoms with Crippen LogP contribution in [0.15, 0.2) is 29.6 Å². The summed E-state index contributed by atoms with van der Waals surface area (Å²) in [5.41, 5.74) is -0.0200. The number of hydrogen-bond acceptors (Lipinski definition) is 3. The number of aliphatic hydroxyl groups is 1. The Morgan fingerprint density at radius 2 is 2.12 bits per heavy atom. The number of thiophene rings is 1. The second-order valence-corrected chi connectivity index (χ2v) is 5.09. The molecule has 2 nitrogen and oxygen atoms in total. The van der Waals surface area contributed by atoms with Crippen LogP contribution in [0.3, 0.4) is 0 Å². The van der Waals surface area contributed by atoms with Crippen LogP contribution in [0.5, 0.6) is 0 Å². The molecule has 1 heterocycles. The van der Waals surface area contributed by atoms with Gasteiger partial charge in [0.05, 0.1) is 6.10 Å². The number of fused-ring (bicyclic) bond motifs is 1. The fraction of sp³-hybridized carbons (Fsp3) is 0.385. The third kappa shape index (κ3) is 1.75. The lowest BCUT2D eigenvalue weighted by molar-refractivity contribution is -0.0761.